The van der Waals surface area contributed by atoms with Gasteiger partial charge in [0, 0.05) is 17.1 Å². The highest BCUT2D eigenvalue weighted by Gasteiger charge is 2.17. The molecule has 1 aromatic carbocycles. The quantitative estimate of drug-likeness (QED) is 0.806. The molecule has 4 heteroatoms. The number of hydrogen-bond acceptors (Lipinski definition) is 2. The average Bonchev–Trinajstić information content (AvgIpc) is 2.39. The molecule has 1 rings (SSSR count). The minimum atomic E-state index is -0.222. The van der Waals surface area contributed by atoms with Gasteiger partial charge in [-0.15, -0.1) is 0 Å². The van der Waals surface area contributed by atoms with Crippen molar-refractivity contribution in [2.24, 2.45) is 0 Å². The molecule has 0 spiro atoms. The van der Waals surface area contributed by atoms with Crippen LogP contribution in [0.5, 0.6) is 0 Å². The van der Waals surface area contributed by atoms with Crippen molar-refractivity contribution in [3.8, 4) is 0 Å². The lowest BCUT2D eigenvalue weighted by Gasteiger charge is -2.22. The van der Waals surface area contributed by atoms with Gasteiger partial charge >= 0.3 is 0 Å². The molecule has 0 heterocycles. The number of rotatable bonds is 7. The van der Waals surface area contributed by atoms with Crippen LogP contribution in [0.25, 0.3) is 0 Å². The van der Waals surface area contributed by atoms with Crippen molar-refractivity contribution in [1.29, 1.82) is 0 Å². The highest BCUT2D eigenvalue weighted by atomic mass is 35.5. The summed E-state index contributed by atoms with van der Waals surface area (Å²) >= 11 is 5.87. The Balaban J connectivity index is 2.50. The molecule has 0 bridgehead atoms. The first kappa shape index (κ1) is 17.0. The topological polar surface area (TPSA) is 41.1 Å². The first-order valence-corrected chi connectivity index (χ1v) is 7.63. The number of carbonyl (C=O) groups is 1. The maximum atomic E-state index is 12.1. The van der Waals surface area contributed by atoms with E-state index in [1.54, 1.807) is 0 Å². The summed E-state index contributed by atoms with van der Waals surface area (Å²) < 4.78 is 0. The molecule has 2 unspecified atom stereocenters. The average molecular weight is 297 g/mol. The van der Waals surface area contributed by atoms with Gasteiger partial charge in [0.1, 0.15) is 0 Å². The molecule has 3 nitrogen and oxygen atoms in total. The SMILES string of the molecule is CCCC(C)NC(=O)C(C)N[C@@H](C)c1ccc(Cl)cc1. The lowest BCUT2D eigenvalue weighted by molar-refractivity contribution is -0.123. The van der Waals surface area contributed by atoms with E-state index in [2.05, 4.69) is 17.6 Å². The van der Waals surface area contributed by atoms with E-state index in [-0.39, 0.29) is 24.0 Å². The van der Waals surface area contributed by atoms with E-state index >= 15 is 0 Å². The summed E-state index contributed by atoms with van der Waals surface area (Å²) in [6.07, 6.45) is 2.08. The number of benzene rings is 1. The summed E-state index contributed by atoms with van der Waals surface area (Å²) in [5.41, 5.74) is 1.12. The minimum Gasteiger partial charge on any atom is -0.352 e. The summed E-state index contributed by atoms with van der Waals surface area (Å²) in [4.78, 5) is 12.1. The Morgan fingerprint density at radius 2 is 1.80 bits per heavy atom. The lowest BCUT2D eigenvalue weighted by Crippen LogP contribution is -2.46. The molecule has 1 aromatic rings. The second-order valence-electron chi connectivity index (χ2n) is 5.36. The third-order valence-electron chi connectivity index (χ3n) is 3.37. The van der Waals surface area contributed by atoms with Crippen molar-refractivity contribution >= 4 is 17.5 Å². The Hall–Kier alpha value is -1.06. The molecule has 0 aliphatic carbocycles. The van der Waals surface area contributed by atoms with E-state index in [1.165, 1.54) is 0 Å². The van der Waals surface area contributed by atoms with Crippen LogP contribution in [0.3, 0.4) is 0 Å². The lowest BCUT2D eigenvalue weighted by atomic mass is 10.1. The molecule has 20 heavy (non-hydrogen) atoms. The van der Waals surface area contributed by atoms with E-state index < -0.39 is 0 Å². The van der Waals surface area contributed by atoms with Gasteiger partial charge in [-0.05, 0) is 44.9 Å². The van der Waals surface area contributed by atoms with E-state index in [9.17, 15) is 4.79 Å². The smallest absolute Gasteiger partial charge is 0.237 e. The van der Waals surface area contributed by atoms with Gasteiger partial charge in [-0.2, -0.15) is 0 Å². The van der Waals surface area contributed by atoms with Crippen LogP contribution in [-0.4, -0.2) is 18.0 Å². The standard InChI is InChI=1S/C16H25ClN2O/c1-5-6-11(2)18-16(20)13(4)19-12(3)14-7-9-15(17)10-8-14/h7-13,19H,5-6H2,1-4H3,(H,18,20)/t11?,12-,13?/m0/s1. The van der Waals surface area contributed by atoms with Crippen molar-refractivity contribution < 1.29 is 4.79 Å². The summed E-state index contributed by atoms with van der Waals surface area (Å²) in [5, 5.41) is 7.05. The molecule has 0 aromatic heterocycles. The monoisotopic (exact) mass is 296 g/mol. The summed E-state index contributed by atoms with van der Waals surface area (Å²) in [6.45, 7) is 8.09. The highest BCUT2D eigenvalue weighted by Crippen LogP contribution is 2.16. The molecule has 0 radical (unpaired) electrons. The van der Waals surface area contributed by atoms with Crippen LogP contribution in [0.15, 0.2) is 24.3 Å². The largest absolute Gasteiger partial charge is 0.352 e. The van der Waals surface area contributed by atoms with Crippen LogP contribution < -0.4 is 10.6 Å². The number of carbonyl (C=O) groups excluding carboxylic acids is 1. The zero-order valence-electron chi connectivity index (χ0n) is 12.7. The molecule has 0 aliphatic heterocycles. The number of halogens is 1. The van der Waals surface area contributed by atoms with Gasteiger partial charge in [-0.3, -0.25) is 10.1 Å². The maximum absolute atomic E-state index is 12.1. The molecule has 0 saturated carbocycles. The summed E-state index contributed by atoms with van der Waals surface area (Å²) in [7, 11) is 0. The van der Waals surface area contributed by atoms with Crippen LogP contribution in [0.2, 0.25) is 5.02 Å². The molecular formula is C16H25ClN2O. The third kappa shape index (κ3) is 5.51. The second-order valence-corrected chi connectivity index (χ2v) is 5.80. The molecule has 0 aliphatic rings. The number of amides is 1. The Bertz CT molecular complexity index is 419. The van der Waals surface area contributed by atoms with Gasteiger partial charge in [0.25, 0.3) is 0 Å². The summed E-state index contributed by atoms with van der Waals surface area (Å²) in [6, 6.07) is 7.79. The van der Waals surface area contributed by atoms with Crippen LogP contribution in [0.1, 0.15) is 52.1 Å². The Morgan fingerprint density at radius 1 is 1.20 bits per heavy atom. The van der Waals surface area contributed by atoms with E-state index in [0.29, 0.717) is 0 Å². The van der Waals surface area contributed by atoms with Gasteiger partial charge in [0.2, 0.25) is 5.91 Å². The van der Waals surface area contributed by atoms with Crippen LogP contribution in [-0.2, 0) is 4.79 Å². The van der Waals surface area contributed by atoms with Crippen molar-refractivity contribution in [2.75, 3.05) is 0 Å². The van der Waals surface area contributed by atoms with Crippen LogP contribution in [0.4, 0.5) is 0 Å². The third-order valence-corrected chi connectivity index (χ3v) is 3.63. The van der Waals surface area contributed by atoms with Gasteiger partial charge in [0.05, 0.1) is 6.04 Å². The van der Waals surface area contributed by atoms with E-state index in [1.807, 2.05) is 45.0 Å². The van der Waals surface area contributed by atoms with Gasteiger partial charge in [-0.25, -0.2) is 0 Å². The molecule has 2 N–H and O–H groups in total. The zero-order chi connectivity index (χ0) is 15.1. The van der Waals surface area contributed by atoms with Gasteiger partial charge in [-0.1, -0.05) is 37.1 Å². The van der Waals surface area contributed by atoms with E-state index in [4.69, 9.17) is 11.6 Å². The second kappa shape index (κ2) is 8.28. The molecular weight excluding hydrogens is 272 g/mol. The van der Waals surface area contributed by atoms with Crippen molar-refractivity contribution in [1.82, 2.24) is 10.6 Å². The van der Waals surface area contributed by atoms with Crippen LogP contribution in [0, 0.1) is 0 Å². The zero-order valence-corrected chi connectivity index (χ0v) is 13.5. The van der Waals surface area contributed by atoms with Crippen molar-refractivity contribution in [3.63, 3.8) is 0 Å². The van der Waals surface area contributed by atoms with Crippen molar-refractivity contribution in [2.45, 2.75) is 58.7 Å². The Kier molecular flexibility index (Phi) is 7.03. The highest BCUT2D eigenvalue weighted by molar-refractivity contribution is 6.30. The fourth-order valence-corrected chi connectivity index (χ4v) is 2.30. The predicted molar refractivity (Wildman–Crippen MR) is 85.0 cm³/mol. The van der Waals surface area contributed by atoms with Gasteiger partial charge in [0.15, 0.2) is 0 Å². The summed E-state index contributed by atoms with van der Waals surface area (Å²) in [5.74, 6) is 0.0479. The fraction of sp³-hybridized carbons (Fsp3) is 0.562. The van der Waals surface area contributed by atoms with Crippen LogP contribution >= 0.6 is 11.6 Å². The Labute approximate surface area is 127 Å². The normalized spacial score (nSPS) is 15.4. The first-order chi connectivity index (χ1) is 9.43. The fourth-order valence-electron chi connectivity index (χ4n) is 2.17. The maximum Gasteiger partial charge on any atom is 0.237 e. The van der Waals surface area contributed by atoms with E-state index in [0.717, 1.165) is 23.4 Å². The minimum absolute atomic E-state index is 0.0479. The Morgan fingerprint density at radius 3 is 2.35 bits per heavy atom. The molecule has 1 amide bonds. The first-order valence-electron chi connectivity index (χ1n) is 7.26. The number of nitrogens with one attached hydrogen (secondary N) is 2. The predicted octanol–water partition coefficient (Wildman–Crippen LogP) is 3.68. The molecule has 112 valence electrons. The molecule has 0 fully saturated rings. The number of hydrogen-bond donors (Lipinski definition) is 2. The molecule has 3 atom stereocenters. The van der Waals surface area contributed by atoms with Gasteiger partial charge < -0.3 is 5.32 Å². The van der Waals surface area contributed by atoms with Crippen molar-refractivity contribution in [3.05, 3.63) is 34.9 Å². The molecule has 0 saturated heterocycles.